The van der Waals surface area contributed by atoms with E-state index in [1.54, 1.807) is 42.7 Å². The van der Waals surface area contributed by atoms with Crippen molar-refractivity contribution >= 4 is 17.6 Å². The molecule has 0 saturated carbocycles. The van der Waals surface area contributed by atoms with Gasteiger partial charge < -0.3 is 9.67 Å². The Kier molecular flexibility index (Phi) is 3.32. The Hall–Kier alpha value is -2.25. The van der Waals surface area contributed by atoms with Gasteiger partial charge in [0.25, 0.3) is 0 Å². The highest BCUT2D eigenvalue weighted by molar-refractivity contribution is 6.30. The van der Waals surface area contributed by atoms with Crippen molar-refractivity contribution in [3.8, 4) is 11.8 Å². The predicted molar refractivity (Wildman–Crippen MR) is 71.9 cm³/mol. The van der Waals surface area contributed by atoms with Gasteiger partial charge in [-0.15, -0.1) is 0 Å². The molecule has 0 aliphatic carbocycles. The van der Waals surface area contributed by atoms with Crippen molar-refractivity contribution < 1.29 is 9.90 Å². The first-order valence-corrected chi connectivity index (χ1v) is 5.95. The fraction of sp³-hybridized carbons (Fsp3) is 0.143. The van der Waals surface area contributed by atoms with Gasteiger partial charge in [0.1, 0.15) is 6.07 Å². The lowest BCUT2D eigenvalue weighted by Crippen LogP contribution is -2.04. The average molecular weight is 275 g/mol. The summed E-state index contributed by atoms with van der Waals surface area (Å²) in [5, 5.41) is 18.8. The minimum Gasteiger partial charge on any atom is -0.478 e. The Morgan fingerprint density at radius 3 is 2.58 bits per heavy atom. The number of aryl methyl sites for hydroxylation is 1. The van der Waals surface area contributed by atoms with E-state index in [4.69, 9.17) is 22.0 Å². The molecule has 5 heteroatoms. The maximum Gasteiger partial charge on any atom is 0.337 e. The van der Waals surface area contributed by atoms with E-state index >= 15 is 0 Å². The monoisotopic (exact) mass is 274 g/mol. The summed E-state index contributed by atoms with van der Waals surface area (Å²) >= 11 is 5.96. The van der Waals surface area contributed by atoms with Gasteiger partial charge in [0.2, 0.25) is 0 Å². The van der Waals surface area contributed by atoms with Gasteiger partial charge in [0, 0.05) is 16.4 Å². The zero-order valence-electron chi connectivity index (χ0n) is 10.4. The Labute approximate surface area is 115 Å². The first-order valence-electron chi connectivity index (χ1n) is 5.58. The number of carboxylic acids is 1. The van der Waals surface area contributed by atoms with Crippen LogP contribution in [0.4, 0.5) is 0 Å². The smallest absolute Gasteiger partial charge is 0.337 e. The molecule has 1 N–H and O–H groups in total. The molecule has 0 aliphatic heterocycles. The van der Waals surface area contributed by atoms with Crippen LogP contribution in [0.15, 0.2) is 24.3 Å². The van der Waals surface area contributed by atoms with Crippen molar-refractivity contribution in [3.05, 3.63) is 51.8 Å². The summed E-state index contributed by atoms with van der Waals surface area (Å²) in [5.74, 6) is -0.986. The molecule has 0 atom stereocenters. The summed E-state index contributed by atoms with van der Waals surface area (Å²) in [6, 6.07) is 8.59. The lowest BCUT2D eigenvalue weighted by atomic mass is 10.2. The molecule has 0 amide bonds. The number of halogens is 1. The lowest BCUT2D eigenvalue weighted by molar-refractivity contribution is 0.0696. The van der Waals surface area contributed by atoms with Gasteiger partial charge in [0.05, 0.1) is 16.8 Å². The standard InChI is InChI=1S/C14H11ClN2O2/c1-8-5-12(14(18)19)9(2)17(8)13-6-11(15)4-3-10(13)7-16/h3-6H,1-2H3,(H,18,19). The van der Waals surface area contributed by atoms with Crippen LogP contribution in [-0.2, 0) is 0 Å². The summed E-state index contributed by atoms with van der Waals surface area (Å²) < 4.78 is 1.73. The zero-order valence-corrected chi connectivity index (χ0v) is 11.2. The van der Waals surface area contributed by atoms with Gasteiger partial charge in [-0.2, -0.15) is 5.26 Å². The molecule has 0 unspecified atom stereocenters. The first kappa shape index (κ1) is 13.2. The number of nitrogens with zero attached hydrogens (tertiary/aromatic N) is 2. The van der Waals surface area contributed by atoms with E-state index < -0.39 is 5.97 Å². The third-order valence-electron chi connectivity index (χ3n) is 2.98. The Morgan fingerprint density at radius 2 is 2.05 bits per heavy atom. The van der Waals surface area contributed by atoms with Gasteiger partial charge in [-0.25, -0.2) is 4.79 Å². The van der Waals surface area contributed by atoms with Gasteiger partial charge in [-0.05, 0) is 38.1 Å². The second-order valence-electron chi connectivity index (χ2n) is 4.20. The van der Waals surface area contributed by atoms with Crippen LogP contribution in [-0.4, -0.2) is 15.6 Å². The summed E-state index contributed by atoms with van der Waals surface area (Å²) in [6.45, 7) is 3.50. The number of carbonyl (C=O) groups is 1. The van der Waals surface area contributed by atoms with Gasteiger partial charge in [-0.3, -0.25) is 0 Å². The largest absolute Gasteiger partial charge is 0.478 e. The maximum absolute atomic E-state index is 11.1. The molecule has 0 saturated heterocycles. The first-order chi connectivity index (χ1) is 8.95. The van der Waals surface area contributed by atoms with Crippen LogP contribution in [0.2, 0.25) is 5.02 Å². The number of nitriles is 1. The fourth-order valence-electron chi connectivity index (χ4n) is 2.13. The number of carboxylic acid groups (broad SMARTS) is 1. The van der Waals surface area contributed by atoms with Crippen LogP contribution in [0.5, 0.6) is 0 Å². The van der Waals surface area contributed by atoms with Crippen molar-refractivity contribution in [1.82, 2.24) is 4.57 Å². The molecule has 2 aromatic rings. The quantitative estimate of drug-likeness (QED) is 0.913. The van der Waals surface area contributed by atoms with Crippen LogP contribution < -0.4 is 0 Å². The molecule has 0 bridgehead atoms. The molecular formula is C14H11ClN2O2. The van der Waals surface area contributed by atoms with Crippen molar-refractivity contribution in [2.75, 3.05) is 0 Å². The maximum atomic E-state index is 11.1. The molecule has 0 spiro atoms. The van der Waals surface area contributed by atoms with Crippen LogP contribution in [0.1, 0.15) is 27.3 Å². The summed E-state index contributed by atoms with van der Waals surface area (Å²) in [5.41, 5.74) is 2.58. The normalized spacial score (nSPS) is 10.2. The SMILES string of the molecule is Cc1cc(C(=O)O)c(C)n1-c1cc(Cl)ccc1C#N. The van der Waals surface area contributed by atoms with Crippen LogP contribution in [0, 0.1) is 25.2 Å². The van der Waals surface area contributed by atoms with E-state index in [0.29, 0.717) is 22.0 Å². The number of benzene rings is 1. The highest BCUT2D eigenvalue weighted by Gasteiger charge is 2.17. The minimum absolute atomic E-state index is 0.223. The summed E-state index contributed by atoms with van der Waals surface area (Å²) in [7, 11) is 0. The minimum atomic E-state index is -0.986. The average Bonchev–Trinajstić information content (AvgIpc) is 2.65. The summed E-state index contributed by atoms with van der Waals surface area (Å²) in [6.07, 6.45) is 0. The molecule has 19 heavy (non-hydrogen) atoms. The Balaban J connectivity index is 2.76. The molecule has 96 valence electrons. The summed E-state index contributed by atoms with van der Waals surface area (Å²) in [4.78, 5) is 11.1. The molecule has 0 radical (unpaired) electrons. The number of hydrogen-bond donors (Lipinski definition) is 1. The van der Waals surface area contributed by atoms with E-state index in [0.717, 1.165) is 5.69 Å². The second kappa shape index (κ2) is 4.79. The Morgan fingerprint density at radius 1 is 1.37 bits per heavy atom. The van der Waals surface area contributed by atoms with Crippen molar-refractivity contribution in [1.29, 1.82) is 5.26 Å². The highest BCUT2D eigenvalue weighted by Crippen LogP contribution is 2.25. The topological polar surface area (TPSA) is 66.0 Å². The molecule has 1 heterocycles. The molecule has 2 rings (SSSR count). The third-order valence-corrected chi connectivity index (χ3v) is 3.22. The van der Waals surface area contributed by atoms with Gasteiger partial charge in [0.15, 0.2) is 0 Å². The lowest BCUT2D eigenvalue weighted by Gasteiger charge is -2.11. The van der Waals surface area contributed by atoms with E-state index in [2.05, 4.69) is 6.07 Å². The van der Waals surface area contributed by atoms with E-state index in [9.17, 15) is 4.79 Å². The number of aromatic carboxylic acids is 1. The van der Waals surface area contributed by atoms with Crippen LogP contribution in [0.3, 0.4) is 0 Å². The zero-order chi connectivity index (χ0) is 14.2. The van der Waals surface area contributed by atoms with Crippen molar-refractivity contribution in [3.63, 3.8) is 0 Å². The Bertz CT molecular complexity index is 711. The molecule has 4 nitrogen and oxygen atoms in total. The van der Waals surface area contributed by atoms with E-state index in [1.807, 2.05) is 0 Å². The van der Waals surface area contributed by atoms with Gasteiger partial charge >= 0.3 is 5.97 Å². The van der Waals surface area contributed by atoms with E-state index in [1.165, 1.54) is 0 Å². The number of rotatable bonds is 2. The predicted octanol–water partition coefficient (Wildman–Crippen LogP) is 3.32. The third kappa shape index (κ3) is 2.20. The molecule has 1 aromatic carbocycles. The fourth-order valence-corrected chi connectivity index (χ4v) is 2.30. The van der Waals surface area contributed by atoms with Crippen LogP contribution >= 0.6 is 11.6 Å². The van der Waals surface area contributed by atoms with Crippen molar-refractivity contribution in [2.45, 2.75) is 13.8 Å². The van der Waals surface area contributed by atoms with Crippen molar-refractivity contribution in [2.24, 2.45) is 0 Å². The highest BCUT2D eigenvalue weighted by atomic mass is 35.5. The molecule has 0 fully saturated rings. The number of hydrogen-bond acceptors (Lipinski definition) is 2. The van der Waals surface area contributed by atoms with Crippen LogP contribution in [0.25, 0.3) is 5.69 Å². The number of aromatic nitrogens is 1. The molecule has 0 aliphatic rings. The second-order valence-corrected chi connectivity index (χ2v) is 4.64. The molecular weight excluding hydrogens is 264 g/mol. The van der Waals surface area contributed by atoms with Gasteiger partial charge in [-0.1, -0.05) is 11.6 Å². The van der Waals surface area contributed by atoms with E-state index in [-0.39, 0.29) is 5.56 Å². The molecule has 1 aromatic heterocycles.